The fourth-order valence-corrected chi connectivity index (χ4v) is 3.43. The van der Waals surface area contributed by atoms with Crippen LogP contribution in [0.3, 0.4) is 0 Å². The van der Waals surface area contributed by atoms with Gasteiger partial charge in [-0.2, -0.15) is 0 Å². The lowest BCUT2D eigenvalue weighted by Gasteiger charge is -2.39. The Morgan fingerprint density at radius 3 is 2.55 bits per heavy atom. The second-order valence-corrected chi connectivity index (χ2v) is 8.41. The van der Waals surface area contributed by atoms with Gasteiger partial charge in [-0.1, -0.05) is 13.0 Å². The molecule has 0 radical (unpaired) electrons. The van der Waals surface area contributed by atoms with E-state index in [1.165, 1.54) is 0 Å². The zero-order valence-corrected chi connectivity index (χ0v) is 15.6. The highest BCUT2D eigenvalue weighted by atomic mass is 79.9. The van der Waals surface area contributed by atoms with Gasteiger partial charge in [-0.3, -0.25) is 4.79 Å². The Balaban J connectivity index is 2.24. The van der Waals surface area contributed by atoms with E-state index in [1.807, 2.05) is 39.0 Å². The first-order valence-corrected chi connectivity index (χ1v) is 8.84. The second kappa shape index (κ2) is 6.69. The van der Waals surface area contributed by atoms with E-state index in [4.69, 9.17) is 4.74 Å². The molecule has 0 aromatic carbocycles. The third kappa shape index (κ3) is 4.55. The van der Waals surface area contributed by atoms with Gasteiger partial charge in [0, 0.05) is 12.1 Å². The van der Waals surface area contributed by atoms with Crippen molar-refractivity contribution < 1.29 is 9.53 Å². The lowest BCUT2D eigenvalue weighted by Crippen LogP contribution is -2.42. The first-order valence-electron chi connectivity index (χ1n) is 8.05. The number of aromatic nitrogens is 1. The first-order chi connectivity index (χ1) is 10.2. The minimum Gasteiger partial charge on any atom is -0.460 e. The molecule has 0 amide bonds. The van der Waals surface area contributed by atoms with Gasteiger partial charge in [-0.15, -0.1) is 0 Å². The summed E-state index contributed by atoms with van der Waals surface area (Å²) in [6.07, 6.45) is 4.59. The average molecular weight is 368 g/mol. The van der Waals surface area contributed by atoms with Crippen LogP contribution in [0.15, 0.2) is 22.8 Å². The maximum Gasteiger partial charge on any atom is 0.312 e. The quantitative estimate of drug-likeness (QED) is 0.561. The molecule has 1 aromatic heterocycles. The van der Waals surface area contributed by atoms with Crippen LogP contribution in [0.25, 0.3) is 0 Å². The Hall–Kier alpha value is -0.900. The van der Waals surface area contributed by atoms with Gasteiger partial charge < -0.3 is 4.74 Å². The second-order valence-electron chi connectivity index (χ2n) is 7.59. The van der Waals surface area contributed by atoms with Crippen molar-refractivity contribution in [1.29, 1.82) is 0 Å². The molecule has 1 heterocycles. The van der Waals surface area contributed by atoms with E-state index in [0.29, 0.717) is 12.3 Å². The molecule has 0 unspecified atom stereocenters. The van der Waals surface area contributed by atoms with Crippen LogP contribution in [0.4, 0.5) is 0 Å². The van der Waals surface area contributed by atoms with Crippen LogP contribution in [0.5, 0.6) is 0 Å². The predicted octanol–water partition coefficient (Wildman–Crippen LogP) is 4.92. The SMILES string of the molecule is CC1CCC(Cc2cccc(Br)n2)(C(=O)OC(C)(C)C)CC1. The molecule has 2 rings (SSSR count). The van der Waals surface area contributed by atoms with Gasteiger partial charge in [-0.25, -0.2) is 4.98 Å². The molecule has 0 saturated heterocycles. The third-order valence-electron chi connectivity index (χ3n) is 4.36. The molecule has 0 aliphatic heterocycles. The zero-order valence-electron chi connectivity index (χ0n) is 14.0. The van der Waals surface area contributed by atoms with Crippen molar-refractivity contribution in [2.75, 3.05) is 0 Å². The summed E-state index contributed by atoms with van der Waals surface area (Å²) in [6.45, 7) is 8.06. The molecule has 1 aromatic rings. The first kappa shape index (κ1) is 17.5. The molecule has 1 fully saturated rings. The summed E-state index contributed by atoms with van der Waals surface area (Å²) in [5.74, 6) is 0.625. The largest absolute Gasteiger partial charge is 0.460 e. The third-order valence-corrected chi connectivity index (χ3v) is 4.80. The smallest absolute Gasteiger partial charge is 0.312 e. The summed E-state index contributed by atoms with van der Waals surface area (Å²) in [5, 5.41) is 0. The standard InChI is InChI=1S/C18H26BrNO2/c1-13-8-10-18(11-9-13,16(21)22-17(2,3)4)12-14-6-5-7-15(19)20-14/h5-7,13H,8-12H2,1-4H3. The number of pyridine rings is 1. The molecule has 1 aliphatic rings. The highest BCUT2D eigenvalue weighted by Gasteiger charge is 2.44. The monoisotopic (exact) mass is 367 g/mol. The lowest BCUT2D eigenvalue weighted by atomic mass is 9.68. The van der Waals surface area contributed by atoms with Crippen molar-refractivity contribution in [2.24, 2.45) is 11.3 Å². The van der Waals surface area contributed by atoms with Gasteiger partial charge in [0.2, 0.25) is 0 Å². The molecule has 22 heavy (non-hydrogen) atoms. The predicted molar refractivity (Wildman–Crippen MR) is 91.6 cm³/mol. The summed E-state index contributed by atoms with van der Waals surface area (Å²) < 4.78 is 6.55. The van der Waals surface area contributed by atoms with E-state index in [1.54, 1.807) is 0 Å². The van der Waals surface area contributed by atoms with Gasteiger partial charge >= 0.3 is 5.97 Å². The maximum absolute atomic E-state index is 12.9. The van der Waals surface area contributed by atoms with Crippen LogP contribution in [-0.4, -0.2) is 16.6 Å². The van der Waals surface area contributed by atoms with Gasteiger partial charge in [-0.05, 0) is 80.4 Å². The van der Waals surface area contributed by atoms with Gasteiger partial charge in [0.25, 0.3) is 0 Å². The Morgan fingerprint density at radius 2 is 2.00 bits per heavy atom. The summed E-state index contributed by atoms with van der Waals surface area (Å²) in [5.41, 5.74) is 0.0839. The Morgan fingerprint density at radius 1 is 1.36 bits per heavy atom. The Kier molecular flexibility index (Phi) is 5.31. The number of rotatable bonds is 3. The van der Waals surface area contributed by atoms with Crippen molar-refractivity contribution in [1.82, 2.24) is 4.98 Å². The summed E-state index contributed by atoms with van der Waals surface area (Å²) in [7, 11) is 0. The van der Waals surface area contributed by atoms with Crippen LogP contribution < -0.4 is 0 Å². The van der Waals surface area contributed by atoms with Crippen molar-refractivity contribution in [2.45, 2.75) is 65.4 Å². The minimum absolute atomic E-state index is 0.0614. The topological polar surface area (TPSA) is 39.2 Å². The average Bonchev–Trinajstić information content (AvgIpc) is 2.40. The van der Waals surface area contributed by atoms with E-state index in [9.17, 15) is 4.79 Å². The van der Waals surface area contributed by atoms with Crippen molar-refractivity contribution >= 4 is 21.9 Å². The number of ether oxygens (including phenoxy) is 1. The van der Waals surface area contributed by atoms with Gasteiger partial charge in [0.05, 0.1) is 5.41 Å². The van der Waals surface area contributed by atoms with Crippen molar-refractivity contribution in [3.63, 3.8) is 0 Å². The van der Waals surface area contributed by atoms with E-state index in [0.717, 1.165) is 36.0 Å². The zero-order chi connectivity index (χ0) is 16.4. The van der Waals surface area contributed by atoms with Crippen LogP contribution in [0, 0.1) is 11.3 Å². The van der Waals surface area contributed by atoms with E-state index >= 15 is 0 Å². The lowest BCUT2D eigenvalue weighted by molar-refractivity contribution is -0.170. The summed E-state index contributed by atoms with van der Waals surface area (Å²) >= 11 is 3.41. The number of nitrogens with zero attached hydrogens (tertiary/aromatic N) is 1. The summed E-state index contributed by atoms with van der Waals surface area (Å²) in [6, 6.07) is 5.88. The number of esters is 1. The Bertz CT molecular complexity index is 528. The number of hydrogen-bond acceptors (Lipinski definition) is 3. The number of carbonyl (C=O) groups excluding carboxylic acids is 1. The van der Waals surface area contributed by atoms with E-state index in [2.05, 4.69) is 27.8 Å². The minimum atomic E-state index is -0.447. The van der Waals surface area contributed by atoms with Crippen LogP contribution in [0.2, 0.25) is 0 Å². The molecule has 0 N–H and O–H groups in total. The fourth-order valence-electron chi connectivity index (χ4n) is 3.05. The molecular weight excluding hydrogens is 342 g/mol. The molecule has 4 heteroatoms. The molecule has 0 spiro atoms. The molecule has 1 aliphatic carbocycles. The normalized spacial score (nSPS) is 25.8. The summed E-state index contributed by atoms with van der Waals surface area (Å²) in [4.78, 5) is 17.4. The molecule has 0 bridgehead atoms. The van der Waals surface area contributed by atoms with Crippen LogP contribution in [-0.2, 0) is 16.0 Å². The van der Waals surface area contributed by atoms with Crippen molar-refractivity contribution in [3.05, 3.63) is 28.5 Å². The van der Waals surface area contributed by atoms with Gasteiger partial charge in [0.15, 0.2) is 0 Å². The van der Waals surface area contributed by atoms with Crippen LogP contribution in [0.1, 0.15) is 59.1 Å². The molecular formula is C18H26BrNO2. The molecule has 1 saturated carbocycles. The van der Waals surface area contributed by atoms with E-state index in [-0.39, 0.29) is 5.97 Å². The highest BCUT2D eigenvalue weighted by Crippen LogP contribution is 2.43. The molecule has 122 valence electrons. The molecule has 0 atom stereocenters. The molecule has 3 nitrogen and oxygen atoms in total. The maximum atomic E-state index is 12.9. The number of hydrogen-bond donors (Lipinski definition) is 0. The number of halogens is 1. The van der Waals surface area contributed by atoms with Gasteiger partial charge in [0.1, 0.15) is 10.2 Å². The highest BCUT2D eigenvalue weighted by molar-refractivity contribution is 9.10. The number of carbonyl (C=O) groups is 1. The van der Waals surface area contributed by atoms with Crippen molar-refractivity contribution in [3.8, 4) is 0 Å². The van der Waals surface area contributed by atoms with E-state index < -0.39 is 11.0 Å². The van der Waals surface area contributed by atoms with Crippen LogP contribution >= 0.6 is 15.9 Å². The Labute approximate surface area is 142 Å². The fraction of sp³-hybridized carbons (Fsp3) is 0.667.